The van der Waals surface area contributed by atoms with Crippen LogP contribution in [0.5, 0.6) is 0 Å². The molecule has 6 nitrogen and oxygen atoms in total. The molecule has 7 heteroatoms. The van der Waals surface area contributed by atoms with Gasteiger partial charge in [0.05, 0.1) is 36.7 Å². The van der Waals surface area contributed by atoms with Crippen LogP contribution < -0.4 is 5.32 Å². The Morgan fingerprint density at radius 3 is 2.73 bits per heavy atom. The van der Waals surface area contributed by atoms with E-state index in [2.05, 4.69) is 51.6 Å². The number of nitrogens with zero attached hydrogens (tertiary/aromatic N) is 2. The molecule has 2 N–H and O–H groups in total. The van der Waals surface area contributed by atoms with Crippen LogP contribution in [0.2, 0.25) is 5.02 Å². The van der Waals surface area contributed by atoms with Crippen molar-refractivity contribution in [1.82, 2.24) is 20.4 Å². The summed E-state index contributed by atoms with van der Waals surface area (Å²) in [4.78, 5) is 15.4. The molecular weight excluding hydrogens is 400 g/mol. The van der Waals surface area contributed by atoms with E-state index in [-0.39, 0.29) is 11.9 Å². The highest BCUT2D eigenvalue weighted by molar-refractivity contribution is 6.30. The molecule has 1 aliphatic heterocycles. The number of hydrogen-bond acceptors (Lipinski definition) is 4. The summed E-state index contributed by atoms with van der Waals surface area (Å²) in [6.07, 6.45) is 1.57. The van der Waals surface area contributed by atoms with E-state index in [0.717, 1.165) is 18.7 Å². The third kappa shape index (κ3) is 4.73. The number of aryl methyl sites for hydroxylation is 1. The Bertz CT molecular complexity index is 996. The van der Waals surface area contributed by atoms with Crippen LogP contribution in [0, 0.1) is 6.92 Å². The van der Waals surface area contributed by atoms with E-state index in [1.807, 2.05) is 12.1 Å². The van der Waals surface area contributed by atoms with E-state index in [1.165, 1.54) is 11.1 Å². The van der Waals surface area contributed by atoms with Crippen molar-refractivity contribution in [3.63, 3.8) is 0 Å². The Morgan fingerprint density at radius 2 is 2.00 bits per heavy atom. The van der Waals surface area contributed by atoms with Gasteiger partial charge >= 0.3 is 0 Å². The fraction of sp³-hybridized carbons (Fsp3) is 0.304. The first-order chi connectivity index (χ1) is 14.6. The molecule has 0 saturated carbocycles. The molecule has 0 aliphatic carbocycles. The monoisotopic (exact) mass is 424 g/mol. The maximum absolute atomic E-state index is 13.0. The van der Waals surface area contributed by atoms with Crippen LogP contribution >= 0.6 is 11.6 Å². The van der Waals surface area contributed by atoms with Crippen LogP contribution in [0.3, 0.4) is 0 Å². The van der Waals surface area contributed by atoms with Gasteiger partial charge in [-0.15, -0.1) is 0 Å². The highest BCUT2D eigenvalue weighted by Crippen LogP contribution is 2.25. The highest BCUT2D eigenvalue weighted by Gasteiger charge is 2.24. The molecular formula is C23H25ClN4O2. The second kappa shape index (κ2) is 9.43. The van der Waals surface area contributed by atoms with Gasteiger partial charge in [-0.3, -0.25) is 14.8 Å². The summed E-state index contributed by atoms with van der Waals surface area (Å²) < 4.78 is 5.52. The van der Waals surface area contributed by atoms with Gasteiger partial charge in [-0.05, 0) is 24.6 Å². The van der Waals surface area contributed by atoms with Crippen molar-refractivity contribution in [3.05, 3.63) is 76.4 Å². The molecule has 1 saturated heterocycles. The minimum Gasteiger partial charge on any atom is -0.379 e. The third-order valence-corrected chi connectivity index (χ3v) is 5.64. The van der Waals surface area contributed by atoms with Crippen LogP contribution in [0.15, 0.2) is 54.7 Å². The van der Waals surface area contributed by atoms with E-state index in [4.69, 9.17) is 16.3 Å². The summed E-state index contributed by atoms with van der Waals surface area (Å²) >= 11 is 5.98. The standard InChI is InChI=1S/C23H25ClN4O2/c1-16-3-2-4-18(13-16)21(28-9-11-30-12-10-28)15-25-23(29)20-14-26-27-22(20)17-5-7-19(24)8-6-17/h2-8,13-14,21H,9-12,15H2,1H3,(H,25,29)(H,26,27). The van der Waals surface area contributed by atoms with Crippen LogP contribution in [0.25, 0.3) is 11.3 Å². The zero-order valence-corrected chi connectivity index (χ0v) is 17.7. The van der Waals surface area contributed by atoms with Gasteiger partial charge in [-0.2, -0.15) is 5.10 Å². The average molecular weight is 425 g/mol. The summed E-state index contributed by atoms with van der Waals surface area (Å²) in [6.45, 7) is 5.69. The molecule has 2 heterocycles. The third-order valence-electron chi connectivity index (χ3n) is 5.39. The first-order valence-electron chi connectivity index (χ1n) is 10.1. The Labute approximate surface area is 181 Å². The number of amides is 1. The molecule has 156 valence electrons. The first kappa shape index (κ1) is 20.6. The summed E-state index contributed by atoms with van der Waals surface area (Å²) in [5, 5.41) is 10.8. The topological polar surface area (TPSA) is 70.2 Å². The second-order valence-corrected chi connectivity index (χ2v) is 7.89. The smallest absolute Gasteiger partial charge is 0.255 e. The summed E-state index contributed by atoms with van der Waals surface area (Å²) in [5.41, 5.74) is 4.47. The average Bonchev–Trinajstić information content (AvgIpc) is 3.25. The first-order valence-corrected chi connectivity index (χ1v) is 10.5. The largest absolute Gasteiger partial charge is 0.379 e. The summed E-state index contributed by atoms with van der Waals surface area (Å²) in [5.74, 6) is -0.153. The predicted octanol–water partition coefficient (Wildman–Crippen LogP) is 3.84. The molecule has 1 fully saturated rings. The van der Waals surface area contributed by atoms with Gasteiger partial charge in [-0.25, -0.2) is 0 Å². The lowest BCUT2D eigenvalue weighted by atomic mass is 10.0. The molecule has 1 amide bonds. The van der Waals surface area contributed by atoms with Gasteiger partial charge in [0, 0.05) is 30.2 Å². The van der Waals surface area contributed by atoms with Crippen LogP contribution in [-0.4, -0.2) is 53.9 Å². The van der Waals surface area contributed by atoms with E-state index >= 15 is 0 Å². The SMILES string of the molecule is Cc1cccc(C(CNC(=O)c2cn[nH]c2-c2ccc(Cl)cc2)N2CCOCC2)c1. The minimum absolute atomic E-state index is 0.0867. The van der Waals surface area contributed by atoms with Gasteiger partial charge in [0.2, 0.25) is 0 Å². The van der Waals surface area contributed by atoms with Gasteiger partial charge in [0.15, 0.2) is 0 Å². The van der Waals surface area contributed by atoms with E-state index in [0.29, 0.717) is 36.0 Å². The molecule has 1 unspecified atom stereocenters. The number of halogens is 1. The zero-order chi connectivity index (χ0) is 20.9. The molecule has 2 aromatic carbocycles. The number of benzene rings is 2. The molecule has 0 radical (unpaired) electrons. The number of rotatable bonds is 6. The molecule has 1 atom stereocenters. The van der Waals surface area contributed by atoms with Crippen molar-refractivity contribution in [3.8, 4) is 11.3 Å². The molecule has 0 bridgehead atoms. The maximum Gasteiger partial charge on any atom is 0.255 e. The zero-order valence-electron chi connectivity index (χ0n) is 16.9. The van der Waals surface area contributed by atoms with Crippen LogP contribution in [0.4, 0.5) is 0 Å². The van der Waals surface area contributed by atoms with Crippen molar-refractivity contribution in [1.29, 1.82) is 0 Å². The van der Waals surface area contributed by atoms with Crippen molar-refractivity contribution in [2.45, 2.75) is 13.0 Å². The number of carbonyl (C=O) groups excluding carboxylic acids is 1. The van der Waals surface area contributed by atoms with E-state index in [1.54, 1.807) is 18.3 Å². The number of aromatic amines is 1. The van der Waals surface area contributed by atoms with Crippen molar-refractivity contribution in [2.75, 3.05) is 32.8 Å². The number of nitrogens with one attached hydrogen (secondary N) is 2. The quantitative estimate of drug-likeness (QED) is 0.630. The lowest BCUT2D eigenvalue weighted by molar-refractivity contribution is 0.0162. The molecule has 1 aromatic heterocycles. The van der Waals surface area contributed by atoms with Crippen LogP contribution in [0.1, 0.15) is 27.5 Å². The Hall–Kier alpha value is -2.67. The number of aromatic nitrogens is 2. The van der Waals surface area contributed by atoms with Gasteiger partial charge in [0.25, 0.3) is 5.91 Å². The molecule has 4 rings (SSSR count). The Balaban J connectivity index is 1.52. The normalized spacial score (nSPS) is 15.7. The fourth-order valence-corrected chi connectivity index (χ4v) is 3.93. The molecule has 30 heavy (non-hydrogen) atoms. The number of hydrogen-bond donors (Lipinski definition) is 2. The van der Waals surface area contributed by atoms with Crippen LogP contribution in [-0.2, 0) is 4.74 Å². The number of ether oxygens (including phenoxy) is 1. The molecule has 0 spiro atoms. The van der Waals surface area contributed by atoms with Crippen molar-refractivity contribution in [2.24, 2.45) is 0 Å². The van der Waals surface area contributed by atoms with E-state index < -0.39 is 0 Å². The maximum atomic E-state index is 13.0. The number of carbonyl (C=O) groups is 1. The predicted molar refractivity (Wildman–Crippen MR) is 118 cm³/mol. The van der Waals surface area contributed by atoms with Gasteiger partial charge < -0.3 is 10.1 Å². The highest BCUT2D eigenvalue weighted by atomic mass is 35.5. The summed E-state index contributed by atoms with van der Waals surface area (Å²) in [7, 11) is 0. The van der Waals surface area contributed by atoms with Gasteiger partial charge in [0.1, 0.15) is 0 Å². The van der Waals surface area contributed by atoms with Crippen molar-refractivity contribution >= 4 is 17.5 Å². The fourth-order valence-electron chi connectivity index (χ4n) is 3.80. The lowest BCUT2D eigenvalue weighted by Gasteiger charge is -2.35. The second-order valence-electron chi connectivity index (χ2n) is 7.45. The Kier molecular flexibility index (Phi) is 6.47. The summed E-state index contributed by atoms with van der Waals surface area (Å²) in [6, 6.07) is 15.9. The minimum atomic E-state index is -0.153. The molecule has 3 aromatic rings. The van der Waals surface area contributed by atoms with E-state index in [9.17, 15) is 4.79 Å². The number of morpholine rings is 1. The van der Waals surface area contributed by atoms with Crippen molar-refractivity contribution < 1.29 is 9.53 Å². The lowest BCUT2D eigenvalue weighted by Crippen LogP contribution is -2.43. The number of H-pyrrole nitrogens is 1. The van der Waals surface area contributed by atoms with Gasteiger partial charge in [-0.1, -0.05) is 53.6 Å². The Morgan fingerprint density at radius 1 is 1.23 bits per heavy atom. The molecule has 1 aliphatic rings.